The maximum absolute atomic E-state index is 12.5. The van der Waals surface area contributed by atoms with Crippen LogP contribution >= 0.6 is 0 Å². The predicted octanol–water partition coefficient (Wildman–Crippen LogP) is 1.34. The molecule has 2 aliphatic carbocycles. The fraction of sp³-hybridized carbons (Fsp3) is 0.833. The van der Waals surface area contributed by atoms with Crippen LogP contribution in [-0.4, -0.2) is 47.7 Å². The van der Waals surface area contributed by atoms with Crippen LogP contribution in [0.1, 0.15) is 12.8 Å². The van der Waals surface area contributed by atoms with Crippen LogP contribution < -0.4 is 0 Å². The Balaban J connectivity index is 1.88. The van der Waals surface area contributed by atoms with Crippen molar-refractivity contribution in [2.24, 2.45) is 17.3 Å². The summed E-state index contributed by atoms with van der Waals surface area (Å²) in [6.07, 6.45) is -18.5. The van der Waals surface area contributed by atoms with Gasteiger partial charge in [-0.05, 0) is 18.8 Å². The van der Waals surface area contributed by atoms with Crippen molar-refractivity contribution in [3.63, 3.8) is 0 Å². The maximum atomic E-state index is 12.5. The molecule has 2 saturated carbocycles. The molecule has 0 radical (unpaired) electrons. The number of carbonyl (C=O) groups excluding carboxylic acids is 2. The van der Waals surface area contributed by atoms with Crippen LogP contribution in [0.2, 0.25) is 0 Å². The van der Waals surface area contributed by atoms with Crippen molar-refractivity contribution in [2.45, 2.75) is 43.5 Å². The van der Waals surface area contributed by atoms with E-state index < -0.39 is 59.9 Å². The maximum Gasteiger partial charge on any atom is 0.434 e. The summed E-state index contributed by atoms with van der Waals surface area (Å²) in [4.78, 5) is 23.9. The third-order valence-corrected chi connectivity index (χ3v) is 4.78. The zero-order valence-electron chi connectivity index (χ0n) is 11.1. The number of halogens is 6. The number of hydrogen-bond acceptors (Lipinski definition) is 5. The van der Waals surface area contributed by atoms with Gasteiger partial charge in [-0.3, -0.25) is 9.59 Å². The molecule has 130 valence electrons. The first-order valence-corrected chi connectivity index (χ1v) is 6.62. The van der Waals surface area contributed by atoms with Crippen molar-refractivity contribution in [3.8, 4) is 0 Å². The quantitative estimate of drug-likeness (QED) is 0.463. The van der Waals surface area contributed by atoms with E-state index in [4.69, 9.17) is 4.74 Å². The molecule has 1 N–H and O–H groups in total. The number of alkyl halides is 6. The SMILES string of the molecule is O=C1OC2C(O)C3CC2C1(C(=O)OC(C(F)(F)F)C(F)(F)F)C3. The molecule has 0 spiro atoms. The molecule has 5 nitrogen and oxygen atoms in total. The molecule has 0 amide bonds. The van der Waals surface area contributed by atoms with Gasteiger partial charge in [-0.1, -0.05) is 0 Å². The molecule has 5 unspecified atom stereocenters. The number of esters is 2. The molecule has 3 rings (SSSR count). The Kier molecular flexibility index (Phi) is 3.21. The molecule has 23 heavy (non-hydrogen) atoms. The van der Waals surface area contributed by atoms with Crippen molar-refractivity contribution in [1.29, 1.82) is 0 Å². The summed E-state index contributed by atoms with van der Waals surface area (Å²) in [7, 11) is 0. The lowest BCUT2D eigenvalue weighted by molar-refractivity contribution is -0.315. The second-order valence-electron chi connectivity index (χ2n) is 6.01. The first-order chi connectivity index (χ1) is 10.4. The van der Waals surface area contributed by atoms with E-state index in [2.05, 4.69) is 4.74 Å². The minimum atomic E-state index is -5.86. The summed E-state index contributed by atoms with van der Waals surface area (Å²) in [5.41, 5.74) is -2.19. The number of aliphatic hydroxyl groups is 1. The van der Waals surface area contributed by atoms with Crippen molar-refractivity contribution in [1.82, 2.24) is 0 Å². The molecule has 2 bridgehead atoms. The van der Waals surface area contributed by atoms with Crippen molar-refractivity contribution in [2.75, 3.05) is 0 Å². The van der Waals surface area contributed by atoms with Crippen molar-refractivity contribution >= 4 is 11.9 Å². The Bertz CT molecular complexity index is 543. The van der Waals surface area contributed by atoms with Crippen LogP contribution in [0, 0.1) is 17.3 Å². The van der Waals surface area contributed by atoms with Crippen LogP contribution in [0.5, 0.6) is 0 Å². The average Bonchev–Trinajstić information content (AvgIpc) is 2.96. The first-order valence-electron chi connectivity index (χ1n) is 6.62. The molecular weight excluding hydrogens is 338 g/mol. The van der Waals surface area contributed by atoms with Gasteiger partial charge in [-0.25, -0.2) is 0 Å². The summed E-state index contributed by atoms with van der Waals surface area (Å²) in [5.74, 6) is -4.70. The lowest BCUT2D eigenvalue weighted by Gasteiger charge is -2.31. The summed E-state index contributed by atoms with van der Waals surface area (Å²) < 4.78 is 83.4. The largest absolute Gasteiger partial charge is 0.458 e. The second kappa shape index (κ2) is 4.52. The van der Waals surface area contributed by atoms with Gasteiger partial charge in [0.1, 0.15) is 6.10 Å². The highest BCUT2D eigenvalue weighted by Gasteiger charge is 2.75. The number of hydrogen-bond donors (Lipinski definition) is 1. The third kappa shape index (κ3) is 2.12. The Labute approximate surface area is 124 Å². The first kappa shape index (κ1) is 16.3. The fourth-order valence-electron chi connectivity index (χ4n) is 3.82. The molecule has 0 aromatic rings. The smallest absolute Gasteiger partial charge is 0.434 e. The van der Waals surface area contributed by atoms with E-state index in [1.807, 2.05) is 0 Å². The average molecular weight is 348 g/mol. The molecule has 0 aromatic carbocycles. The van der Waals surface area contributed by atoms with E-state index in [0.717, 1.165) is 0 Å². The fourth-order valence-corrected chi connectivity index (χ4v) is 3.82. The van der Waals surface area contributed by atoms with Crippen LogP contribution in [0.4, 0.5) is 26.3 Å². The monoisotopic (exact) mass is 348 g/mol. The van der Waals surface area contributed by atoms with E-state index >= 15 is 0 Å². The van der Waals surface area contributed by atoms with E-state index in [9.17, 15) is 41.0 Å². The van der Waals surface area contributed by atoms with Gasteiger partial charge in [0.25, 0.3) is 6.10 Å². The number of aliphatic hydroxyl groups excluding tert-OH is 1. The van der Waals surface area contributed by atoms with Crippen LogP contribution in [0.25, 0.3) is 0 Å². The third-order valence-electron chi connectivity index (χ3n) is 4.78. The molecule has 1 heterocycles. The van der Waals surface area contributed by atoms with Gasteiger partial charge >= 0.3 is 24.3 Å². The predicted molar refractivity (Wildman–Crippen MR) is 56.5 cm³/mol. The number of carbonyl (C=O) groups is 2. The van der Waals surface area contributed by atoms with Gasteiger partial charge in [-0.15, -0.1) is 0 Å². The topological polar surface area (TPSA) is 72.8 Å². The summed E-state index contributed by atoms with van der Waals surface area (Å²) in [6.45, 7) is 0. The summed E-state index contributed by atoms with van der Waals surface area (Å²) in [5, 5.41) is 9.77. The van der Waals surface area contributed by atoms with Gasteiger partial charge in [0.15, 0.2) is 5.41 Å². The molecule has 1 aliphatic heterocycles. The molecule has 5 atom stereocenters. The lowest BCUT2D eigenvalue weighted by atomic mass is 9.73. The highest BCUT2D eigenvalue weighted by atomic mass is 19.4. The van der Waals surface area contributed by atoms with Gasteiger partial charge < -0.3 is 14.6 Å². The summed E-state index contributed by atoms with van der Waals surface area (Å²) >= 11 is 0. The molecular formula is C12H10F6O5. The van der Waals surface area contributed by atoms with Crippen molar-refractivity contribution < 1.29 is 50.5 Å². The van der Waals surface area contributed by atoms with E-state index in [1.165, 1.54) is 0 Å². The van der Waals surface area contributed by atoms with E-state index in [0.29, 0.717) is 0 Å². The molecule has 3 aliphatic rings. The molecule has 1 saturated heterocycles. The number of fused-ring (bicyclic) bond motifs is 1. The zero-order valence-corrected chi connectivity index (χ0v) is 11.1. The Morgan fingerprint density at radius 2 is 1.83 bits per heavy atom. The van der Waals surface area contributed by atoms with Crippen LogP contribution in [-0.2, 0) is 19.1 Å². The Morgan fingerprint density at radius 1 is 1.26 bits per heavy atom. The summed E-state index contributed by atoms with van der Waals surface area (Å²) in [6, 6.07) is 0. The lowest BCUT2D eigenvalue weighted by Crippen LogP contribution is -2.51. The minimum absolute atomic E-state index is 0.107. The normalized spacial score (nSPS) is 39.0. The van der Waals surface area contributed by atoms with Crippen LogP contribution in [0.3, 0.4) is 0 Å². The Hall–Kier alpha value is -1.52. The highest BCUT2D eigenvalue weighted by Crippen LogP contribution is 2.62. The highest BCUT2D eigenvalue weighted by molar-refractivity contribution is 6.03. The zero-order chi connectivity index (χ0) is 17.4. The van der Waals surface area contributed by atoms with Gasteiger partial charge in [0, 0.05) is 5.92 Å². The molecule has 0 aromatic heterocycles. The number of rotatable bonds is 2. The minimum Gasteiger partial charge on any atom is -0.458 e. The van der Waals surface area contributed by atoms with Gasteiger partial charge in [0.2, 0.25) is 0 Å². The molecule has 3 fully saturated rings. The Morgan fingerprint density at radius 3 is 2.30 bits per heavy atom. The van der Waals surface area contributed by atoms with Gasteiger partial charge in [0.05, 0.1) is 6.10 Å². The van der Waals surface area contributed by atoms with E-state index in [1.54, 1.807) is 0 Å². The van der Waals surface area contributed by atoms with Crippen LogP contribution in [0.15, 0.2) is 0 Å². The second-order valence-corrected chi connectivity index (χ2v) is 6.01. The van der Waals surface area contributed by atoms with Crippen molar-refractivity contribution in [3.05, 3.63) is 0 Å². The standard InChI is InChI=1S/C12H10F6O5/c13-11(14,15)7(12(16,17)18)23-9(21)10-2-3-1-4(10)6(5(3)19)22-8(10)20/h3-7,19H,1-2H2. The molecule has 11 heteroatoms. The number of ether oxygens (including phenoxy) is 2. The van der Waals surface area contributed by atoms with E-state index in [-0.39, 0.29) is 12.8 Å². The van der Waals surface area contributed by atoms with Gasteiger partial charge in [-0.2, -0.15) is 26.3 Å².